The van der Waals surface area contributed by atoms with Crippen LogP contribution in [0.2, 0.25) is 0 Å². The van der Waals surface area contributed by atoms with E-state index in [1.807, 2.05) is 18.2 Å². The van der Waals surface area contributed by atoms with E-state index in [1.165, 1.54) is 17.4 Å². The number of isocyanates is 1. The average Bonchev–Trinajstić information content (AvgIpc) is 2.60. The van der Waals surface area contributed by atoms with Gasteiger partial charge in [-0.1, -0.05) is 17.4 Å². The minimum Gasteiger partial charge on any atom is -0.494 e. The van der Waals surface area contributed by atoms with E-state index in [0.717, 1.165) is 10.2 Å². The van der Waals surface area contributed by atoms with Crippen molar-refractivity contribution in [2.24, 2.45) is 4.99 Å². The summed E-state index contributed by atoms with van der Waals surface area (Å²) in [5.74, 6) is 0.686. The number of ether oxygens (including phenoxy) is 1. The predicted molar refractivity (Wildman–Crippen MR) is 54.0 cm³/mol. The van der Waals surface area contributed by atoms with Crippen LogP contribution in [0.15, 0.2) is 23.2 Å². The molecule has 0 aliphatic rings. The molecule has 0 aliphatic heterocycles. The van der Waals surface area contributed by atoms with Gasteiger partial charge in [0.05, 0.1) is 11.8 Å². The van der Waals surface area contributed by atoms with Crippen molar-refractivity contribution in [2.75, 3.05) is 7.11 Å². The van der Waals surface area contributed by atoms with Crippen LogP contribution in [0.1, 0.15) is 0 Å². The Morgan fingerprint density at radius 1 is 1.57 bits per heavy atom. The number of aliphatic imine (C=N–C) groups is 1. The highest BCUT2D eigenvalue weighted by Gasteiger charge is 2.06. The molecule has 4 nitrogen and oxygen atoms in total. The fraction of sp³-hybridized carbons (Fsp3) is 0.111. The fourth-order valence-corrected chi connectivity index (χ4v) is 1.97. The summed E-state index contributed by atoms with van der Waals surface area (Å²) in [6.45, 7) is 0. The summed E-state index contributed by atoms with van der Waals surface area (Å²) in [4.78, 5) is 17.7. The van der Waals surface area contributed by atoms with Gasteiger partial charge in [0, 0.05) is 0 Å². The van der Waals surface area contributed by atoms with Gasteiger partial charge in [0.25, 0.3) is 0 Å². The maximum absolute atomic E-state index is 10.0. The first-order valence-corrected chi connectivity index (χ1v) is 4.68. The highest BCUT2D eigenvalue weighted by Crippen LogP contribution is 2.32. The second-order valence-corrected chi connectivity index (χ2v) is 3.52. The number of para-hydroxylation sites is 1. The van der Waals surface area contributed by atoms with Crippen LogP contribution in [-0.4, -0.2) is 18.2 Å². The number of rotatable bonds is 2. The topological polar surface area (TPSA) is 51.5 Å². The van der Waals surface area contributed by atoms with Crippen molar-refractivity contribution in [3.63, 3.8) is 0 Å². The highest BCUT2D eigenvalue weighted by molar-refractivity contribution is 7.22. The van der Waals surface area contributed by atoms with Crippen molar-refractivity contribution in [2.45, 2.75) is 0 Å². The van der Waals surface area contributed by atoms with E-state index in [1.54, 1.807) is 7.11 Å². The van der Waals surface area contributed by atoms with Gasteiger partial charge >= 0.3 is 0 Å². The Kier molecular flexibility index (Phi) is 2.26. The molecule has 1 aromatic carbocycles. The molecule has 0 spiro atoms. The van der Waals surface area contributed by atoms with Crippen molar-refractivity contribution < 1.29 is 9.53 Å². The van der Waals surface area contributed by atoms with Crippen molar-refractivity contribution in [1.82, 2.24) is 4.98 Å². The van der Waals surface area contributed by atoms with Crippen molar-refractivity contribution >= 4 is 32.8 Å². The second-order valence-electron chi connectivity index (χ2n) is 2.51. The molecule has 0 atom stereocenters. The van der Waals surface area contributed by atoms with Crippen molar-refractivity contribution in [3.8, 4) is 5.75 Å². The molecular formula is C9H6N2O2S. The van der Waals surface area contributed by atoms with Crippen LogP contribution in [0.4, 0.5) is 5.13 Å². The molecule has 2 aromatic rings. The van der Waals surface area contributed by atoms with E-state index in [2.05, 4.69) is 9.98 Å². The Morgan fingerprint density at radius 2 is 2.43 bits per heavy atom. The first-order chi connectivity index (χ1) is 6.85. The number of thiazole rings is 1. The largest absolute Gasteiger partial charge is 0.494 e. The Balaban J connectivity index is 2.69. The number of aromatic nitrogens is 1. The minimum atomic E-state index is 0.402. The van der Waals surface area contributed by atoms with Gasteiger partial charge < -0.3 is 4.74 Å². The number of nitrogens with zero attached hydrogens (tertiary/aromatic N) is 2. The van der Waals surface area contributed by atoms with Gasteiger partial charge in [-0.3, -0.25) is 0 Å². The van der Waals surface area contributed by atoms with Gasteiger partial charge in [-0.25, -0.2) is 9.78 Å². The van der Waals surface area contributed by atoms with Crippen LogP contribution in [0.3, 0.4) is 0 Å². The zero-order valence-electron chi connectivity index (χ0n) is 7.35. The van der Waals surface area contributed by atoms with Gasteiger partial charge in [0.1, 0.15) is 11.3 Å². The number of benzene rings is 1. The van der Waals surface area contributed by atoms with Crippen LogP contribution in [-0.2, 0) is 4.79 Å². The lowest BCUT2D eigenvalue weighted by atomic mass is 10.3. The Morgan fingerprint density at radius 3 is 3.14 bits per heavy atom. The third-order valence-corrected chi connectivity index (χ3v) is 2.65. The van der Waals surface area contributed by atoms with Crippen molar-refractivity contribution in [3.05, 3.63) is 18.2 Å². The maximum atomic E-state index is 10.0. The quantitative estimate of drug-likeness (QED) is 0.559. The third kappa shape index (κ3) is 1.39. The smallest absolute Gasteiger partial charge is 0.242 e. The molecule has 1 aromatic heterocycles. The SMILES string of the molecule is COc1cccc2sc(N=C=O)nc12. The molecule has 70 valence electrons. The molecule has 0 saturated carbocycles. The molecule has 0 amide bonds. The summed E-state index contributed by atoms with van der Waals surface area (Å²) >= 11 is 1.33. The summed E-state index contributed by atoms with van der Waals surface area (Å²) in [7, 11) is 1.58. The molecule has 0 fully saturated rings. The van der Waals surface area contributed by atoms with E-state index in [9.17, 15) is 4.79 Å². The van der Waals surface area contributed by atoms with E-state index in [-0.39, 0.29) is 0 Å². The number of hydrogen-bond acceptors (Lipinski definition) is 5. The number of carbonyl (C=O) groups excluding carboxylic acids is 1. The van der Waals surface area contributed by atoms with Crippen LogP contribution in [0.25, 0.3) is 10.2 Å². The summed E-state index contributed by atoms with van der Waals surface area (Å²) in [5, 5.41) is 0.402. The fourth-order valence-electron chi connectivity index (χ4n) is 1.16. The predicted octanol–water partition coefficient (Wildman–Crippen LogP) is 2.27. The zero-order valence-corrected chi connectivity index (χ0v) is 8.17. The standard InChI is InChI=1S/C9H6N2O2S/c1-13-6-3-2-4-7-8(6)11-9(14-7)10-5-12/h2-4H,1H3. The molecule has 0 unspecified atom stereocenters. The van der Waals surface area contributed by atoms with Crippen LogP contribution < -0.4 is 4.74 Å². The first-order valence-electron chi connectivity index (χ1n) is 3.86. The summed E-state index contributed by atoms with van der Waals surface area (Å²) < 4.78 is 6.07. The molecule has 0 aliphatic carbocycles. The van der Waals surface area contributed by atoms with Crippen LogP contribution >= 0.6 is 11.3 Å². The third-order valence-electron chi connectivity index (χ3n) is 1.73. The van der Waals surface area contributed by atoms with Crippen molar-refractivity contribution in [1.29, 1.82) is 0 Å². The van der Waals surface area contributed by atoms with E-state index >= 15 is 0 Å². The number of methoxy groups -OCH3 is 1. The Labute approximate surface area is 83.9 Å². The molecule has 5 heteroatoms. The molecule has 2 rings (SSSR count). The van der Waals surface area contributed by atoms with Gasteiger partial charge in [0.2, 0.25) is 11.2 Å². The molecule has 0 saturated heterocycles. The lowest BCUT2D eigenvalue weighted by molar-refractivity contribution is 0.419. The summed E-state index contributed by atoms with van der Waals surface area (Å²) in [6.07, 6.45) is 1.46. The minimum absolute atomic E-state index is 0.402. The lowest BCUT2D eigenvalue weighted by Crippen LogP contribution is -1.82. The van der Waals surface area contributed by atoms with Gasteiger partial charge in [-0.15, -0.1) is 4.99 Å². The van der Waals surface area contributed by atoms with Gasteiger partial charge in [-0.2, -0.15) is 0 Å². The maximum Gasteiger partial charge on any atom is 0.242 e. The average molecular weight is 206 g/mol. The monoisotopic (exact) mass is 206 g/mol. The molecule has 0 radical (unpaired) electrons. The molecule has 1 heterocycles. The number of hydrogen-bond donors (Lipinski definition) is 0. The van der Waals surface area contributed by atoms with Gasteiger partial charge in [0.15, 0.2) is 0 Å². The Hall–Kier alpha value is -1.71. The molecule has 0 bridgehead atoms. The number of fused-ring (bicyclic) bond motifs is 1. The van der Waals surface area contributed by atoms with Crippen LogP contribution in [0, 0.1) is 0 Å². The lowest BCUT2D eigenvalue weighted by Gasteiger charge is -1.97. The Bertz CT molecular complexity index is 515. The summed E-state index contributed by atoms with van der Waals surface area (Å²) in [5.41, 5.74) is 0.731. The molecule has 0 N–H and O–H groups in total. The zero-order chi connectivity index (χ0) is 9.97. The first kappa shape index (κ1) is 8.87. The van der Waals surface area contributed by atoms with E-state index in [4.69, 9.17) is 4.74 Å². The van der Waals surface area contributed by atoms with Crippen LogP contribution in [0.5, 0.6) is 5.75 Å². The van der Waals surface area contributed by atoms with Gasteiger partial charge in [-0.05, 0) is 12.1 Å². The molecular weight excluding hydrogens is 200 g/mol. The van der Waals surface area contributed by atoms with E-state index in [0.29, 0.717) is 10.9 Å². The normalized spacial score (nSPS) is 9.79. The second kappa shape index (κ2) is 3.57. The van der Waals surface area contributed by atoms with E-state index < -0.39 is 0 Å². The molecule has 14 heavy (non-hydrogen) atoms. The highest BCUT2D eigenvalue weighted by atomic mass is 32.1. The summed E-state index contributed by atoms with van der Waals surface area (Å²) in [6, 6.07) is 5.59.